The molecular weight excluding hydrogens is 323 g/mol. The largest absolute Gasteiger partial charge is 0.326 e. The van der Waals surface area contributed by atoms with E-state index in [-0.39, 0.29) is 22.3 Å². The zero-order chi connectivity index (χ0) is 14.8. The first-order valence-electron chi connectivity index (χ1n) is 5.42. The molecule has 0 atom stereocenters. The Labute approximate surface area is 126 Å². The molecule has 0 amide bonds. The van der Waals surface area contributed by atoms with Crippen molar-refractivity contribution in [1.82, 2.24) is 10.2 Å². The number of aromatic nitrogens is 2. The van der Waals surface area contributed by atoms with Crippen molar-refractivity contribution in [3.8, 4) is 0 Å². The summed E-state index contributed by atoms with van der Waals surface area (Å²) in [5.41, 5.74) is 5.98. The van der Waals surface area contributed by atoms with Crippen molar-refractivity contribution < 1.29 is 8.42 Å². The molecule has 0 aliphatic heterocycles. The van der Waals surface area contributed by atoms with Gasteiger partial charge in [0.15, 0.2) is 5.82 Å². The van der Waals surface area contributed by atoms with Crippen LogP contribution in [0, 0.1) is 0 Å². The second-order valence-electron chi connectivity index (χ2n) is 3.79. The number of anilines is 1. The lowest BCUT2D eigenvalue weighted by molar-refractivity contribution is 0.601. The van der Waals surface area contributed by atoms with Crippen LogP contribution in [0.15, 0.2) is 35.4 Å². The van der Waals surface area contributed by atoms with E-state index < -0.39 is 10.0 Å². The van der Waals surface area contributed by atoms with Gasteiger partial charge in [-0.25, -0.2) is 8.42 Å². The van der Waals surface area contributed by atoms with E-state index in [9.17, 15) is 8.42 Å². The van der Waals surface area contributed by atoms with Crippen LogP contribution in [0.4, 0.5) is 5.82 Å². The van der Waals surface area contributed by atoms with Crippen molar-refractivity contribution in [1.29, 1.82) is 0 Å². The number of sulfonamides is 1. The van der Waals surface area contributed by atoms with Gasteiger partial charge in [0, 0.05) is 17.8 Å². The van der Waals surface area contributed by atoms with Crippen LogP contribution in [0.2, 0.25) is 10.0 Å². The van der Waals surface area contributed by atoms with Gasteiger partial charge >= 0.3 is 0 Å². The third-order valence-electron chi connectivity index (χ3n) is 2.42. The van der Waals surface area contributed by atoms with Gasteiger partial charge in [0.05, 0.1) is 5.02 Å². The number of benzene rings is 1. The fourth-order valence-electron chi connectivity index (χ4n) is 1.48. The highest BCUT2D eigenvalue weighted by Gasteiger charge is 2.20. The average molecular weight is 333 g/mol. The van der Waals surface area contributed by atoms with Crippen molar-refractivity contribution >= 4 is 39.0 Å². The van der Waals surface area contributed by atoms with Crippen LogP contribution >= 0.6 is 23.2 Å². The summed E-state index contributed by atoms with van der Waals surface area (Å²) in [7, 11) is -3.89. The third kappa shape index (κ3) is 3.18. The Morgan fingerprint density at radius 3 is 2.60 bits per heavy atom. The molecule has 1 aromatic heterocycles. The maximum Gasteiger partial charge on any atom is 0.264 e. The van der Waals surface area contributed by atoms with E-state index in [0.29, 0.717) is 10.6 Å². The third-order valence-corrected chi connectivity index (χ3v) is 4.59. The molecule has 0 radical (unpaired) electrons. The average Bonchev–Trinajstić information content (AvgIpc) is 2.39. The summed E-state index contributed by atoms with van der Waals surface area (Å²) in [6.45, 7) is 0.101. The fourth-order valence-corrected chi connectivity index (χ4v) is 3.35. The second kappa shape index (κ2) is 5.92. The van der Waals surface area contributed by atoms with E-state index in [0.717, 1.165) is 0 Å². The monoisotopic (exact) mass is 332 g/mol. The lowest BCUT2D eigenvalue weighted by Crippen LogP contribution is -2.15. The van der Waals surface area contributed by atoms with Crippen molar-refractivity contribution in [2.45, 2.75) is 11.4 Å². The van der Waals surface area contributed by atoms with Crippen LogP contribution < -0.4 is 10.5 Å². The summed E-state index contributed by atoms with van der Waals surface area (Å²) < 4.78 is 26.8. The summed E-state index contributed by atoms with van der Waals surface area (Å²) in [4.78, 5) is -0.116. The van der Waals surface area contributed by atoms with Gasteiger partial charge in [-0.1, -0.05) is 23.2 Å². The van der Waals surface area contributed by atoms with Crippen LogP contribution in [-0.2, 0) is 16.6 Å². The summed E-state index contributed by atoms with van der Waals surface area (Å²) in [6.07, 6.45) is 1.43. The van der Waals surface area contributed by atoms with Crippen molar-refractivity contribution in [2.24, 2.45) is 5.73 Å². The minimum absolute atomic E-state index is 0.00332. The molecule has 20 heavy (non-hydrogen) atoms. The van der Waals surface area contributed by atoms with E-state index in [1.165, 1.54) is 24.4 Å². The van der Waals surface area contributed by atoms with Crippen molar-refractivity contribution in [2.75, 3.05) is 4.72 Å². The molecule has 1 aromatic carbocycles. The van der Waals surface area contributed by atoms with Crippen LogP contribution in [0.3, 0.4) is 0 Å². The maximum atomic E-state index is 12.3. The summed E-state index contributed by atoms with van der Waals surface area (Å²) in [5, 5.41) is 7.55. The van der Waals surface area contributed by atoms with E-state index in [1.807, 2.05) is 0 Å². The van der Waals surface area contributed by atoms with Gasteiger partial charge in [-0.15, -0.1) is 5.10 Å². The SMILES string of the molecule is NCc1cc(S(=O)(=O)Nc2cccnn2)c(Cl)cc1Cl. The van der Waals surface area contributed by atoms with E-state index in [2.05, 4.69) is 14.9 Å². The number of nitrogens with zero attached hydrogens (tertiary/aromatic N) is 2. The molecule has 106 valence electrons. The molecule has 0 unspecified atom stereocenters. The van der Waals surface area contributed by atoms with E-state index in [4.69, 9.17) is 28.9 Å². The molecule has 6 nitrogen and oxygen atoms in total. The van der Waals surface area contributed by atoms with Crippen LogP contribution in [0.5, 0.6) is 0 Å². The topological polar surface area (TPSA) is 98.0 Å². The lowest BCUT2D eigenvalue weighted by Gasteiger charge is -2.10. The standard InChI is InChI=1S/C11H10Cl2N4O2S/c12-8-5-9(13)10(4-7(8)6-14)20(18,19)17-11-2-1-3-15-16-11/h1-5H,6,14H2,(H,16,17). The predicted molar refractivity (Wildman–Crippen MR) is 77.2 cm³/mol. The summed E-state index contributed by atoms with van der Waals surface area (Å²) >= 11 is 11.8. The number of halogens is 2. The van der Waals surface area contributed by atoms with E-state index in [1.54, 1.807) is 6.07 Å². The van der Waals surface area contributed by atoms with Gasteiger partial charge in [0.1, 0.15) is 4.90 Å². The molecule has 3 N–H and O–H groups in total. The zero-order valence-corrected chi connectivity index (χ0v) is 12.4. The predicted octanol–water partition coefficient (Wildman–Crippen LogP) is 2.04. The van der Waals surface area contributed by atoms with Gasteiger partial charge in [0.2, 0.25) is 0 Å². The molecular formula is C11H10Cl2N4O2S. The Balaban J connectivity index is 2.44. The van der Waals surface area contributed by atoms with Gasteiger partial charge < -0.3 is 5.73 Å². The number of hydrogen-bond acceptors (Lipinski definition) is 5. The molecule has 0 fully saturated rings. The number of nitrogens with one attached hydrogen (secondary N) is 1. The molecule has 0 aliphatic rings. The first-order chi connectivity index (χ1) is 9.44. The van der Waals surface area contributed by atoms with Gasteiger partial charge in [-0.2, -0.15) is 5.10 Å². The highest BCUT2D eigenvalue weighted by molar-refractivity contribution is 7.92. The Morgan fingerprint density at radius 2 is 2.00 bits per heavy atom. The highest BCUT2D eigenvalue weighted by Crippen LogP contribution is 2.29. The number of nitrogens with two attached hydrogens (primary N) is 1. The quantitative estimate of drug-likeness (QED) is 0.892. The molecule has 0 saturated heterocycles. The van der Waals surface area contributed by atoms with Crippen LogP contribution in [0.1, 0.15) is 5.56 Å². The van der Waals surface area contributed by atoms with Crippen LogP contribution in [-0.4, -0.2) is 18.6 Å². The zero-order valence-electron chi connectivity index (χ0n) is 10.0. The smallest absolute Gasteiger partial charge is 0.264 e. The molecule has 2 rings (SSSR count). The Bertz CT molecular complexity index is 723. The molecule has 0 aliphatic carbocycles. The Morgan fingerprint density at radius 1 is 1.25 bits per heavy atom. The van der Waals surface area contributed by atoms with Gasteiger partial charge in [0.25, 0.3) is 10.0 Å². The van der Waals surface area contributed by atoms with Crippen molar-refractivity contribution in [3.63, 3.8) is 0 Å². The molecule has 0 spiro atoms. The number of hydrogen-bond donors (Lipinski definition) is 2. The maximum absolute atomic E-state index is 12.3. The Hall–Kier alpha value is -1.41. The molecule has 1 heterocycles. The minimum atomic E-state index is -3.89. The fraction of sp³-hybridized carbons (Fsp3) is 0.0909. The summed E-state index contributed by atoms with van der Waals surface area (Å²) in [5.74, 6) is 0.0906. The minimum Gasteiger partial charge on any atom is -0.326 e. The first-order valence-corrected chi connectivity index (χ1v) is 7.66. The van der Waals surface area contributed by atoms with E-state index >= 15 is 0 Å². The first kappa shape index (κ1) is 15.0. The van der Waals surface area contributed by atoms with Crippen molar-refractivity contribution in [3.05, 3.63) is 46.1 Å². The van der Waals surface area contributed by atoms with Gasteiger partial charge in [-0.05, 0) is 29.8 Å². The van der Waals surface area contributed by atoms with Crippen LogP contribution in [0.25, 0.3) is 0 Å². The lowest BCUT2D eigenvalue weighted by atomic mass is 10.2. The molecule has 0 bridgehead atoms. The van der Waals surface area contributed by atoms with Gasteiger partial charge in [-0.3, -0.25) is 4.72 Å². The normalized spacial score (nSPS) is 11.3. The highest BCUT2D eigenvalue weighted by atomic mass is 35.5. The second-order valence-corrected chi connectivity index (χ2v) is 6.26. The summed E-state index contributed by atoms with van der Waals surface area (Å²) in [6, 6.07) is 5.71. The Kier molecular flexibility index (Phi) is 4.44. The number of rotatable bonds is 4. The molecule has 2 aromatic rings. The molecule has 0 saturated carbocycles. The molecule has 9 heteroatoms.